The van der Waals surface area contributed by atoms with Gasteiger partial charge in [0.2, 0.25) is 0 Å². The van der Waals surface area contributed by atoms with Crippen molar-refractivity contribution in [1.82, 2.24) is 5.32 Å². The van der Waals surface area contributed by atoms with Gasteiger partial charge in [0.25, 0.3) is 0 Å². The number of hydrogen-bond acceptors (Lipinski definition) is 3. The summed E-state index contributed by atoms with van der Waals surface area (Å²) in [6.07, 6.45) is 0. The highest BCUT2D eigenvalue weighted by molar-refractivity contribution is 8.01. The lowest BCUT2D eigenvalue weighted by molar-refractivity contribution is -0.136. The van der Waals surface area contributed by atoms with E-state index in [-0.39, 0.29) is 10.6 Å². The van der Waals surface area contributed by atoms with Gasteiger partial charge in [-0.05, 0) is 5.56 Å². The van der Waals surface area contributed by atoms with Crippen LogP contribution in [0.15, 0.2) is 30.3 Å². The van der Waals surface area contributed by atoms with Gasteiger partial charge in [-0.3, -0.25) is 10.1 Å². The van der Waals surface area contributed by atoms with Crippen LogP contribution < -0.4 is 5.32 Å². The number of nitrogens with one attached hydrogen (secondary N) is 1. The zero-order chi connectivity index (χ0) is 9.97. The molecule has 0 radical (unpaired) electrons. The number of thioether (sulfide) groups is 1. The molecule has 1 aromatic rings. The Bertz CT molecular complexity index is 328. The van der Waals surface area contributed by atoms with Gasteiger partial charge in [0.05, 0.1) is 5.37 Å². The van der Waals surface area contributed by atoms with Crippen LogP contribution >= 0.6 is 11.8 Å². The molecule has 1 unspecified atom stereocenters. The maximum Gasteiger partial charge on any atom is 0.318 e. The Labute approximate surface area is 86.5 Å². The molecule has 4 heteroatoms. The molecule has 1 aliphatic rings. The van der Waals surface area contributed by atoms with Crippen molar-refractivity contribution in [1.29, 1.82) is 0 Å². The van der Waals surface area contributed by atoms with Crippen LogP contribution in [0.1, 0.15) is 10.9 Å². The molecule has 74 valence electrons. The first-order valence-electron chi connectivity index (χ1n) is 4.44. The van der Waals surface area contributed by atoms with E-state index in [9.17, 15) is 4.79 Å². The third kappa shape index (κ3) is 1.91. The lowest BCUT2D eigenvalue weighted by Gasteiger charge is -2.08. The van der Waals surface area contributed by atoms with Crippen molar-refractivity contribution in [3.05, 3.63) is 35.9 Å². The van der Waals surface area contributed by atoms with Gasteiger partial charge in [-0.2, -0.15) is 0 Å². The van der Waals surface area contributed by atoms with E-state index in [2.05, 4.69) is 5.32 Å². The number of carbonyl (C=O) groups is 1. The first kappa shape index (κ1) is 9.55. The molecule has 2 N–H and O–H groups in total. The lowest BCUT2D eigenvalue weighted by Crippen LogP contribution is -2.21. The highest BCUT2D eigenvalue weighted by atomic mass is 32.2. The fraction of sp³-hybridized carbons (Fsp3) is 0.300. The van der Waals surface area contributed by atoms with Gasteiger partial charge < -0.3 is 5.11 Å². The molecule has 14 heavy (non-hydrogen) atoms. The Hall–Kier alpha value is -1.00. The molecule has 1 aromatic carbocycles. The molecule has 0 aliphatic carbocycles. The summed E-state index contributed by atoms with van der Waals surface area (Å²) in [5.41, 5.74) is 1.14. The van der Waals surface area contributed by atoms with E-state index in [0.29, 0.717) is 6.54 Å². The van der Waals surface area contributed by atoms with Crippen molar-refractivity contribution in [2.75, 3.05) is 6.54 Å². The summed E-state index contributed by atoms with van der Waals surface area (Å²) in [6, 6.07) is 9.90. The predicted octanol–water partition coefficient (Wildman–Crippen LogP) is 1.47. The summed E-state index contributed by atoms with van der Waals surface area (Å²) in [5.74, 6) is -0.735. The summed E-state index contributed by atoms with van der Waals surface area (Å²) < 4.78 is 0. The minimum atomic E-state index is -0.735. The Kier molecular flexibility index (Phi) is 2.74. The molecule has 1 fully saturated rings. The highest BCUT2D eigenvalue weighted by Crippen LogP contribution is 2.34. The summed E-state index contributed by atoms with van der Waals surface area (Å²) in [7, 11) is 0. The van der Waals surface area contributed by atoms with E-state index in [1.54, 1.807) is 0 Å². The second-order valence-electron chi connectivity index (χ2n) is 3.16. The van der Waals surface area contributed by atoms with Crippen LogP contribution in [0, 0.1) is 0 Å². The van der Waals surface area contributed by atoms with Crippen LogP contribution in [0.4, 0.5) is 0 Å². The third-order valence-electron chi connectivity index (χ3n) is 2.17. The summed E-state index contributed by atoms with van der Waals surface area (Å²) in [5, 5.41) is 11.8. The van der Waals surface area contributed by atoms with Crippen molar-refractivity contribution >= 4 is 17.7 Å². The second-order valence-corrected chi connectivity index (χ2v) is 4.47. The zero-order valence-corrected chi connectivity index (χ0v) is 8.33. The quantitative estimate of drug-likeness (QED) is 0.774. The van der Waals surface area contributed by atoms with Crippen LogP contribution in [-0.2, 0) is 4.79 Å². The Morgan fingerprint density at radius 3 is 2.71 bits per heavy atom. The number of benzene rings is 1. The van der Waals surface area contributed by atoms with Gasteiger partial charge in [0, 0.05) is 6.54 Å². The molecule has 0 amide bonds. The largest absolute Gasteiger partial charge is 0.480 e. The molecule has 0 bridgehead atoms. The van der Waals surface area contributed by atoms with Gasteiger partial charge in [-0.1, -0.05) is 30.3 Å². The van der Waals surface area contributed by atoms with E-state index in [1.807, 2.05) is 30.3 Å². The maximum atomic E-state index is 10.7. The SMILES string of the molecule is O=C(O)[C@H]1CNC(c2ccccc2)S1. The standard InChI is InChI=1S/C10H11NO2S/c12-10(13)8-6-11-9(14-8)7-4-2-1-3-5-7/h1-5,8-9,11H,6H2,(H,12,13)/t8-,9?/m1/s1. The van der Waals surface area contributed by atoms with Gasteiger partial charge >= 0.3 is 5.97 Å². The van der Waals surface area contributed by atoms with Crippen LogP contribution in [0.3, 0.4) is 0 Å². The van der Waals surface area contributed by atoms with Crippen molar-refractivity contribution in [2.45, 2.75) is 10.6 Å². The molecule has 0 spiro atoms. The van der Waals surface area contributed by atoms with Crippen molar-refractivity contribution in [3.8, 4) is 0 Å². The molecule has 0 aromatic heterocycles. The predicted molar refractivity (Wildman–Crippen MR) is 56.2 cm³/mol. The van der Waals surface area contributed by atoms with E-state index in [4.69, 9.17) is 5.11 Å². The smallest absolute Gasteiger partial charge is 0.318 e. The number of rotatable bonds is 2. The normalized spacial score (nSPS) is 26.3. The van der Waals surface area contributed by atoms with Crippen molar-refractivity contribution in [2.24, 2.45) is 0 Å². The fourth-order valence-electron chi connectivity index (χ4n) is 1.44. The highest BCUT2D eigenvalue weighted by Gasteiger charge is 2.30. The Morgan fingerprint density at radius 2 is 2.14 bits per heavy atom. The van der Waals surface area contributed by atoms with Gasteiger partial charge in [-0.25, -0.2) is 0 Å². The average molecular weight is 209 g/mol. The molecular weight excluding hydrogens is 198 g/mol. The van der Waals surface area contributed by atoms with Crippen molar-refractivity contribution in [3.63, 3.8) is 0 Å². The number of carboxylic acid groups (broad SMARTS) is 1. The zero-order valence-electron chi connectivity index (χ0n) is 7.51. The van der Waals surface area contributed by atoms with E-state index in [0.717, 1.165) is 5.56 Å². The molecule has 1 heterocycles. The second kappa shape index (κ2) is 4.02. The first-order valence-corrected chi connectivity index (χ1v) is 5.38. The monoisotopic (exact) mass is 209 g/mol. The third-order valence-corrected chi connectivity index (χ3v) is 3.57. The van der Waals surface area contributed by atoms with Gasteiger partial charge in [-0.15, -0.1) is 11.8 Å². The minimum Gasteiger partial charge on any atom is -0.480 e. The van der Waals surface area contributed by atoms with E-state index >= 15 is 0 Å². The van der Waals surface area contributed by atoms with Crippen LogP contribution in [0.25, 0.3) is 0 Å². The molecule has 1 saturated heterocycles. The maximum absolute atomic E-state index is 10.7. The van der Waals surface area contributed by atoms with Gasteiger partial charge in [0.15, 0.2) is 0 Å². The van der Waals surface area contributed by atoms with Gasteiger partial charge in [0.1, 0.15) is 5.25 Å². The number of hydrogen-bond donors (Lipinski definition) is 2. The molecule has 3 nitrogen and oxygen atoms in total. The van der Waals surface area contributed by atoms with Crippen molar-refractivity contribution < 1.29 is 9.90 Å². The molecular formula is C10H11NO2S. The van der Waals surface area contributed by atoms with E-state index in [1.165, 1.54) is 11.8 Å². The average Bonchev–Trinajstić information content (AvgIpc) is 2.68. The fourth-order valence-corrected chi connectivity index (χ4v) is 2.59. The Morgan fingerprint density at radius 1 is 1.43 bits per heavy atom. The summed E-state index contributed by atoms with van der Waals surface area (Å²) in [6.45, 7) is 0.541. The molecule has 2 atom stereocenters. The topological polar surface area (TPSA) is 49.3 Å². The summed E-state index contributed by atoms with van der Waals surface area (Å²) >= 11 is 1.46. The minimum absolute atomic E-state index is 0.122. The lowest BCUT2D eigenvalue weighted by atomic mass is 10.2. The number of aliphatic carboxylic acids is 1. The number of carboxylic acids is 1. The van der Waals surface area contributed by atoms with Crippen LogP contribution in [0.5, 0.6) is 0 Å². The summed E-state index contributed by atoms with van der Waals surface area (Å²) in [4.78, 5) is 10.7. The van der Waals surface area contributed by atoms with E-state index < -0.39 is 5.97 Å². The van der Waals surface area contributed by atoms with Crippen LogP contribution in [0.2, 0.25) is 0 Å². The Balaban J connectivity index is 2.06. The van der Waals surface area contributed by atoms with Crippen LogP contribution in [-0.4, -0.2) is 22.9 Å². The molecule has 0 saturated carbocycles. The molecule has 1 aliphatic heterocycles. The first-order chi connectivity index (χ1) is 6.77. The molecule has 2 rings (SSSR count).